The van der Waals surface area contributed by atoms with Gasteiger partial charge in [0.15, 0.2) is 11.0 Å². The lowest BCUT2D eigenvalue weighted by atomic mass is 9.95. The second-order valence-corrected chi connectivity index (χ2v) is 10.4. The first-order chi connectivity index (χ1) is 17.0. The van der Waals surface area contributed by atoms with E-state index in [4.69, 9.17) is 4.74 Å². The fraction of sp³-hybridized carbons (Fsp3) is 0.444. The van der Waals surface area contributed by atoms with Gasteiger partial charge in [-0.05, 0) is 44.4 Å². The largest absolute Gasteiger partial charge is 0.497 e. The molecule has 1 amide bonds. The molecular weight excluding hydrogens is 458 g/mol. The minimum Gasteiger partial charge on any atom is -0.497 e. The monoisotopic (exact) mass is 493 g/mol. The number of methoxy groups -OCH3 is 1. The maximum atomic E-state index is 12.8. The lowest BCUT2D eigenvalue weighted by molar-refractivity contribution is -0.120. The number of hydrogen-bond acceptors (Lipinski definition) is 6. The smallest absolute Gasteiger partial charge is 0.233 e. The van der Waals surface area contributed by atoms with Crippen LogP contribution < -0.4 is 15.4 Å². The summed E-state index contributed by atoms with van der Waals surface area (Å²) >= 11 is 1.49. The van der Waals surface area contributed by atoms with Crippen molar-refractivity contribution in [2.75, 3.05) is 12.4 Å². The van der Waals surface area contributed by atoms with Crippen LogP contribution in [-0.2, 0) is 17.9 Å². The molecule has 8 heteroatoms. The Labute approximate surface area is 212 Å². The molecule has 0 saturated heterocycles. The number of benzene rings is 2. The predicted octanol–water partition coefficient (Wildman–Crippen LogP) is 5.51. The van der Waals surface area contributed by atoms with Crippen LogP contribution >= 0.6 is 11.8 Å². The van der Waals surface area contributed by atoms with E-state index >= 15 is 0 Å². The first kappa shape index (κ1) is 25.1. The lowest BCUT2D eigenvalue weighted by Gasteiger charge is -2.26. The summed E-state index contributed by atoms with van der Waals surface area (Å²) in [6.45, 7) is 5.08. The van der Waals surface area contributed by atoms with Crippen molar-refractivity contribution in [3.8, 4) is 5.75 Å². The molecule has 1 heterocycles. The van der Waals surface area contributed by atoms with Crippen LogP contribution in [0.1, 0.15) is 62.0 Å². The van der Waals surface area contributed by atoms with Crippen molar-refractivity contribution in [3.63, 3.8) is 0 Å². The predicted molar refractivity (Wildman–Crippen MR) is 141 cm³/mol. The molecule has 186 valence electrons. The van der Waals surface area contributed by atoms with Crippen molar-refractivity contribution in [2.24, 2.45) is 0 Å². The third-order valence-corrected chi connectivity index (χ3v) is 7.49. The zero-order valence-electron chi connectivity index (χ0n) is 20.8. The van der Waals surface area contributed by atoms with Crippen LogP contribution in [0.15, 0.2) is 53.7 Å². The van der Waals surface area contributed by atoms with Crippen LogP contribution in [0.3, 0.4) is 0 Å². The van der Waals surface area contributed by atoms with E-state index in [1.807, 2.05) is 31.2 Å². The van der Waals surface area contributed by atoms with Crippen LogP contribution in [0.5, 0.6) is 5.75 Å². The van der Waals surface area contributed by atoms with E-state index in [-0.39, 0.29) is 11.2 Å². The Morgan fingerprint density at radius 3 is 2.63 bits per heavy atom. The minimum atomic E-state index is -0.272. The second-order valence-electron chi connectivity index (χ2n) is 9.11. The highest BCUT2D eigenvalue weighted by atomic mass is 32.2. The fourth-order valence-electron chi connectivity index (χ4n) is 4.38. The third-order valence-electron chi connectivity index (χ3n) is 6.43. The quantitative estimate of drug-likeness (QED) is 0.363. The third kappa shape index (κ3) is 6.78. The summed E-state index contributed by atoms with van der Waals surface area (Å²) in [5.41, 5.74) is 3.28. The molecule has 1 unspecified atom stereocenters. The average Bonchev–Trinajstić information content (AvgIpc) is 3.29. The van der Waals surface area contributed by atoms with E-state index in [9.17, 15) is 4.79 Å². The zero-order valence-corrected chi connectivity index (χ0v) is 21.6. The highest BCUT2D eigenvalue weighted by Gasteiger charge is 2.25. The van der Waals surface area contributed by atoms with Gasteiger partial charge in [-0.25, -0.2) is 0 Å². The van der Waals surface area contributed by atoms with Crippen LogP contribution in [0.4, 0.5) is 5.69 Å². The molecule has 1 aromatic heterocycles. The van der Waals surface area contributed by atoms with Gasteiger partial charge in [-0.3, -0.25) is 4.79 Å². The number of aromatic nitrogens is 3. The fourth-order valence-corrected chi connectivity index (χ4v) is 5.34. The van der Waals surface area contributed by atoms with Gasteiger partial charge in [0.05, 0.1) is 18.9 Å². The Morgan fingerprint density at radius 1 is 1.11 bits per heavy atom. The second kappa shape index (κ2) is 12.1. The number of rotatable bonds is 10. The molecule has 1 saturated carbocycles. The van der Waals surface area contributed by atoms with E-state index in [1.54, 1.807) is 7.11 Å². The van der Waals surface area contributed by atoms with Gasteiger partial charge >= 0.3 is 0 Å². The molecule has 1 aliphatic rings. The molecule has 1 aliphatic carbocycles. The molecule has 2 N–H and O–H groups in total. The number of nitrogens with zero attached hydrogens (tertiary/aromatic N) is 3. The van der Waals surface area contributed by atoms with Crippen molar-refractivity contribution in [3.05, 3.63) is 65.5 Å². The summed E-state index contributed by atoms with van der Waals surface area (Å²) in [5, 5.41) is 16.1. The normalized spacial score (nSPS) is 14.9. The number of carbonyl (C=O) groups is 1. The van der Waals surface area contributed by atoms with Gasteiger partial charge in [-0.1, -0.05) is 66.9 Å². The first-order valence-electron chi connectivity index (χ1n) is 12.3. The van der Waals surface area contributed by atoms with Gasteiger partial charge in [0.1, 0.15) is 5.75 Å². The van der Waals surface area contributed by atoms with Crippen LogP contribution in [0, 0.1) is 6.92 Å². The van der Waals surface area contributed by atoms with E-state index in [2.05, 4.69) is 56.6 Å². The van der Waals surface area contributed by atoms with Gasteiger partial charge in [-0.15, -0.1) is 10.2 Å². The summed E-state index contributed by atoms with van der Waals surface area (Å²) in [5.74, 6) is 1.71. The van der Waals surface area contributed by atoms with Crippen LogP contribution in [0.25, 0.3) is 0 Å². The summed E-state index contributed by atoms with van der Waals surface area (Å²) in [7, 11) is 1.67. The Hall–Kier alpha value is -3.00. The number of carbonyl (C=O) groups excluding carboxylic acids is 1. The maximum absolute atomic E-state index is 12.8. The average molecular weight is 494 g/mol. The number of hydrogen-bond donors (Lipinski definition) is 2. The topological polar surface area (TPSA) is 81.1 Å². The van der Waals surface area contributed by atoms with Crippen molar-refractivity contribution in [1.29, 1.82) is 0 Å². The highest BCUT2D eigenvalue weighted by molar-refractivity contribution is 8.00. The van der Waals surface area contributed by atoms with E-state index in [1.165, 1.54) is 36.6 Å². The van der Waals surface area contributed by atoms with Crippen LogP contribution in [-0.4, -0.2) is 33.0 Å². The lowest BCUT2D eigenvalue weighted by Crippen LogP contribution is -2.30. The Morgan fingerprint density at radius 2 is 1.89 bits per heavy atom. The molecular formula is C27H35N5O2S. The molecule has 4 rings (SSSR count). The van der Waals surface area contributed by atoms with Gasteiger partial charge in [0.2, 0.25) is 5.91 Å². The first-order valence-corrected chi connectivity index (χ1v) is 13.2. The standard InChI is InChI=1S/C27H35N5O2S/c1-19-12-14-21(15-13-19)17-29-26(33)20(2)35-27-31-30-25(32(27)23-9-5-4-6-10-23)18-28-22-8-7-11-24(16-22)34-3/h7-8,11-16,20,23,28H,4-6,9-10,17-18H2,1-3H3,(H,29,33). The SMILES string of the molecule is COc1cccc(NCc2nnc(SC(C)C(=O)NCc3ccc(C)cc3)n2C2CCCCC2)c1. The minimum absolute atomic E-state index is 0.00447. The maximum Gasteiger partial charge on any atom is 0.233 e. The van der Waals surface area contributed by atoms with Gasteiger partial charge in [0.25, 0.3) is 0 Å². The summed E-state index contributed by atoms with van der Waals surface area (Å²) in [6, 6.07) is 16.5. The molecule has 1 atom stereocenters. The molecule has 7 nitrogen and oxygen atoms in total. The van der Waals surface area contributed by atoms with Crippen molar-refractivity contribution >= 4 is 23.4 Å². The van der Waals surface area contributed by atoms with Gasteiger partial charge < -0.3 is 19.9 Å². The molecule has 35 heavy (non-hydrogen) atoms. The van der Waals surface area contributed by atoms with Gasteiger partial charge in [0, 0.05) is 24.3 Å². The number of thioether (sulfide) groups is 1. The Kier molecular flexibility index (Phi) is 8.69. The van der Waals surface area contributed by atoms with Crippen LogP contribution in [0.2, 0.25) is 0 Å². The molecule has 0 aliphatic heterocycles. The number of ether oxygens (including phenoxy) is 1. The Bertz CT molecular complexity index is 1110. The molecule has 0 radical (unpaired) electrons. The number of aryl methyl sites for hydroxylation is 1. The molecule has 0 bridgehead atoms. The molecule has 1 fully saturated rings. The van der Waals surface area contributed by atoms with Crippen molar-refractivity contribution < 1.29 is 9.53 Å². The highest BCUT2D eigenvalue weighted by Crippen LogP contribution is 2.34. The number of amides is 1. The van der Waals surface area contributed by atoms with E-state index < -0.39 is 0 Å². The zero-order chi connectivity index (χ0) is 24.6. The summed E-state index contributed by atoms with van der Waals surface area (Å²) in [4.78, 5) is 12.8. The molecule has 3 aromatic rings. The van der Waals surface area contributed by atoms with E-state index in [0.717, 1.165) is 40.8 Å². The number of nitrogens with one attached hydrogen (secondary N) is 2. The molecule has 0 spiro atoms. The number of anilines is 1. The summed E-state index contributed by atoms with van der Waals surface area (Å²) < 4.78 is 7.60. The van der Waals surface area contributed by atoms with Crippen molar-refractivity contribution in [2.45, 2.75) is 75.5 Å². The summed E-state index contributed by atoms with van der Waals surface area (Å²) in [6.07, 6.45) is 5.93. The van der Waals surface area contributed by atoms with Crippen molar-refractivity contribution in [1.82, 2.24) is 20.1 Å². The van der Waals surface area contributed by atoms with Gasteiger partial charge in [-0.2, -0.15) is 0 Å². The van der Waals surface area contributed by atoms with E-state index in [0.29, 0.717) is 19.1 Å². The Balaban J connectivity index is 1.44. The molecule has 2 aromatic carbocycles.